The molecule has 1 heteroatoms. The standard InChI is InChI=1S/C17H28O/c1-3-5-8-12-16(13-9-6-4-2)18-17-14-10-7-11-15-17/h7,10-11,14-16H,3-6,8-9,12-13H2,1-2H3. The van der Waals surface area contributed by atoms with E-state index in [2.05, 4.69) is 26.0 Å². The van der Waals surface area contributed by atoms with E-state index in [0.717, 1.165) is 5.75 Å². The lowest BCUT2D eigenvalue weighted by Gasteiger charge is -2.19. The van der Waals surface area contributed by atoms with Gasteiger partial charge in [-0.05, 0) is 37.8 Å². The average molecular weight is 248 g/mol. The number of ether oxygens (including phenoxy) is 1. The van der Waals surface area contributed by atoms with E-state index < -0.39 is 0 Å². The molecule has 0 bridgehead atoms. The highest BCUT2D eigenvalue weighted by Crippen LogP contribution is 2.18. The Hall–Kier alpha value is -0.980. The van der Waals surface area contributed by atoms with E-state index in [9.17, 15) is 0 Å². The molecule has 0 aromatic heterocycles. The van der Waals surface area contributed by atoms with Gasteiger partial charge in [0.25, 0.3) is 0 Å². The van der Waals surface area contributed by atoms with Crippen molar-refractivity contribution in [2.45, 2.75) is 71.3 Å². The van der Waals surface area contributed by atoms with E-state index in [1.165, 1.54) is 51.4 Å². The van der Waals surface area contributed by atoms with Gasteiger partial charge in [-0.25, -0.2) is 0 Å². The normalized spacial score (nSPS) is 10.8. The van der Waals surface area contributed by atoms with Crippen molar-refractivity contribution in [3.05, 3.63) is 30.3 Å². The van der Waals surface area contributed by atoms with Gasteiger partial charge >= 0.3 is 0 Å². The summed E-state index contributed by atoms with van der Waals surface area (Å²) >= 11 is 0. The Balaban J connectivity index is 2.37. The Bertz CT molecular complexity index is 271. The van der Waals surface area contributed by atoms with Gasteiger partial charge in [-0.2, -0.15) is 0 Å². The molecule has 0 saturated carbocycles. The van der Waals surface area contributed by atoms with Gasteiger partial charge in [-0.15, -0.1) is 0 Å². The van der Waals surface area contributed by atoms with Crippen molar-refractivity contribution in [3.8, 4) is 5.75 Å². The largest absolute Gasteiger partial charge is 0.490 e. The Kier molecular flexibility index (Phi) is 8.37. The number of benzene rings is 1. The first kappa shape index (κ1) is 15.1. The highest BCUT2D eigenvalue weighted by Gasteiger charge is 2.09. The van der Waals surface area contributed by atoms with Crippen LogP contribution < -0.4 is 4.74 Å². The van der Waals surface area contributed by atoms with Crippen LogP contribution in [-0.2, 0) is 0 Å². The third-order valence-corrected chi connectivity index (χ3v) is 3.31. The maximum absolute atomic E-state index is 6.11. The van der Waals surface area contributed by atoms with Gasteiger partial charge in [-0.3, -0.25) is 0 Å². The number of unbranched alkanes of at least 4 members (excludes halogenated alkanes) is 4. The quantitative estimate of drug-likeness (QED) is 0.490. The zero-order chi connectivity index (χ0) is 13.1. The van der Waals surface area contributed by atoms with Crippen LogP contribution in [0.4, 0.5) is 0 Å². The lowest BCUT2D eigenvalue weighted by Crippen LogP contribution is -2.16. The monoisotopic (exact) mass is 248 g/mol. The minimum atomic E-state index is 0.408. The molecular formula is C17H28O. The topological polar surface area (TPSA) is 9.23 Å². The molecule has 0 fully saturated rings. The highest BCUT2D eigenvalue weighted by molar-refractivity contribution is 5.21. The Labute approximate surface area is 113 Å². The molecule has 0 aliphatic rings. The summed E-state index contributed by atoms with van der Waals surface area (Å²) in [6, 6.07) is 10.3. The zero-order valence-corrected chi connectivity index (χ0v) is 12.0. The SMILES string of the molecule is CCCCCC(CCCCC)Oc1ccccc1. The molecule has 102 valence electrons. The van der Waals surface area contributed by atoms with E-state index in [1.807, 2.05) is 18.2 Å². The van der Waals surface area contributed by atoms with Crippen LogP contribution in [0.3, 0.4) is 0 Å². The summed E-state index contributed by atoms with van der Waals surface area (Å²) in [5.74, 6) is 1.02. The predicted octanol–water partition coefficient (Wildman–Crippen LogP) is 5.59. The van der Waals surface area contributed by atoms with Crippen LogP contribution in [0.15, 0.2) is 30.3 Å². The van der Waals surface area contributed by atoms with Gasteiger partial charge in [-0.1, -0.05) is 57.7 Å². The molecule has 0 radical (unpaired) electrons. The van der Waals surface area contributed by atoms with Crippen LogP contribution in [0.25, 0.3) is 0 Å². The molecule has 18 heavy (non-hydrogen) atoms. The van der Waals surface area contributed by atoms with E-state index in [0.29, 0.717) is 6.10 Å². The molecule has 1 nitrogen and oxygen atoms in total. The summed E-state index contributed by atoms with van der Waals surface area (Å²) in [6.07, 6.45) is 10.6. The summed E-state index contributed by atoms with van der Waals surface area (Å²) in [7, 11) is 0. The Morgan fingerprint density at radius 2 is 1.39 bits per heavy atom. The molecule has 1 rings (SSSR count). The second-order valence-corrected chi connectivity index (χ2v) is 5.04. The van der Waals surface area contributed by atoms with Crippen molar-refractivity contribution in [2.75, 3.05) is 0 Å². The van der Waals surface area contributed by atoms with E-state index in [-0.39, 0.29) is 0 Å². The minimum Gasteiger partial charge on any atom is -0.490 e. The average Bonchev–Trinajstić information content (AvgIpc) is 2.40. The van der Waals surface area contributed by atoms with Crippen LogP contribution in [0.1, 0.15) is 65.2 Å². The molecule has 1 aromatic carbocycles. The number of hydrogen-bond acceptors (Lipinski definition) is 1. The lowest BCUT2D eigenvalue weighted by molar-refractivity contribution is 0.173. The van der Waals surface area contributed by atoms with Crippen molar-refractivity contribution < 1.29 is 4.74 Å². The van der Waals surface area contributed by atoms with E-state index in [1.54, 1.807) is 0 Å². The number of para-hydroxylation sites is 1. The highest BCUT2D eigenvalue weighted by atomic mass is 16.5. The van der Waals surface area contributed by atoms with Crippen LogP contribution in [0, 0.1) is 0 Å². The van der Waals surface area contributed by atoms with Gasteiger partial charge in [0.2, 0.25) is 0 Å². The summed E-state index contributed by atoms with van der Waals surface area (Å²) in [6.45, 7) is 4.51. The van der Waals surface area contributed by atoms with Crippen LogP contribution in [0.5, 0.6) is 5.75 Å². The zero-order valence-electron chi connectivity index (χ0n) is 12.0. The predicted molar refractivity (Wildman–Crippen MR) is 79.1 cm³/mol. The fourth-order valence-corrected chi connectivity index (χ4v) is 2.20. The van der Waals surface area contributed by atoms with Gasteiger partial charge < -0.3 is 4.74 Å². The lowest BCUT2D eigenvalue weighted by atomic mass is 10.0. The first-order valence-corrected chi connectivity index (χ1v) is 7.58. The maximum atomic E-state index is 6.11. The molecule has 0 spiro atoms. The maximum Gasteiger partial charge on any atom is 0.119 e. The van der Waals surface area contributed by atoms with Gasteiger partial charge in [0.1, 0.15) is 5.75 Å². The smallest absolute Gasteiger partial charge is 0.119 e. The molecule has 0 unspecified atom stereocenters. The molecule has 0 heterocycles. The molecule has 0 N–H and O–H groups in total. The summed E-state index contributed by atoms with van der Waals surface area (Å²) in [5.41, 5.74) is 0. The molecular weight excluding hydrogens is 220 g/mol. The fourth-order valence-electron chi connectivity index (χ4n) is 2.20. The van der Waals surface area contributed by atoms with Crippen molar-refractivity contribution in [3.63, 3.8) is 0 Å². The third-order valence-electron chi connectivity index (χ3n) is 3.31. The van der Waals surface area contributed by atoms with Crippen LogP contribution in [0.2, 0.25) is 0 Å². The molecule has 0 saturated heterocycles. The second-order valence-electron chi connectivity index (χ2n) is 5.04. The molecule has 0 aliphatic carbocycles. The van der Waals surface area contributed by atoms with E-state index >= 15 is 0 Å². The Morgan fingerprint density at radius 3 is 1.89 bits per heavy atom. The molecule has 0 amide bonds. The van der Waals surface area contributed by atoms with Crippen LogP contribution in [-0.4, -0.2) is 6.10 Å². The fraction of sp³-hybridized carbons (Fsp3) is 0.647. The summed E-state index contributed by atoms with van der Waals surface area (Å²) in [5, 5.41) is 0. The van der Waals surface area contributed by atoms with Gasteiger partial charge in [0.15, 0.2) is 0 Å². The third kappa shape index (κ3) is 6.68. The summed E-state index contributed by atoms with van der Waals surface area (Å²) in [4.78, 5) is 0. The molecule has 1 aromatic rings. The number of rotatable bonds is 10. The Morgan fingerprint density at radius 1 is 0.833 bits per heavy atom. The van der Waals surface area contributed by atoms with Gasteiger partial charge in [0, 0.05) is 0 Å². The van der Waals surface area contributed by atoms with Gasteiger partial charge in [0.05, 0.1) is 6.10 Å². The first-order valence-electron chi connectivity index (χ1n) is 7.58. The van der Waals surface area contributed by atoms with Crippen molar-refractivity contribution in [1.82, 2.24) is 0 Å². The first-order chi connectivity index (χ1) is 8.86. The van der Waals surface area contributed by atoms with Crippen LogP contribution >= 0.6 is 0 Å². The second kappa shape index (κ2) is 9.99. The van der Waals surface area contributed by atoms with Crippen molar-refractivity contribution >= 4 is 0 Å². The van der Waals surface area contributed by atoms with E-state index in [4.69, 9.17) is 4.74 Å². The van der Waals surface area contributed by atoms with Crippen molar-refractivity contribution in [2.24, 2.45) is 0 Å². The van der Waals surface area contributed by atoms with Crippen molar-refractivity contribution in [1.29, 1.82) is 0 Å². The summed E-state index contributed by atoms with van der Waals surface area (Å²) < 4.78 is 6.11. The minimum absolute atomic E-state index is 0.408. The molecule has 0 atom stereocenters. The number of hydrogen-bond donors (Lipinski definition) is 0. The molecule has 0 aliphatic heterocycles.